The summed E-state index contributed by atoms with van der Waals surface area (Å²) in [7, 11) is 1.87. The van der Waals surface area contributed by atoms with Crippen molar-refractivity contribution in [1.29, 1.82) is 0 Å². The van der Waals surface area contributed by atoms with E-state index in [9.17, 15) is 4.79 Å². The van der Waals surface area contributed by atoms with E-state index in [4.69, 9.17) is 4.42 Å². The molecule has 4 aromatic rings. The highest BCUT2D eigenvalue weighted by Crippen LogP contribution is 2.27. The van der Waals surface area contributed by atoms with Crippen molar-refractivity contribution in [2.45, 2.75) is 13.8 Å². The van der Waals surface area contributed by atoms with Crippen LogP contribution >= 0.6 is 0 Å². The smallest absolute Gasteiger partial charge is 0.196 e. The van der Waals surface area contributed by atoms with Gasteiger partial charge >= 0.3 is 0 Å². The van der Waals surface area contributed by atoms with Crippen molar-refractivity contribution in [3.63, 3.8) is 0 Å². The number of fused-ring (bicyclic) bond motifs is 1. The number of benzene rings is 1. The van der Waals surface area contributed by atoms with Crippen LogP contribution in [0, 0.1) is 13.8 Å². The third-order valence-electron chi connectivity index (χ3n) is 4.30. The zero-order valence-corrected chi connectivity index (χ0v) is 14.3. The molecule has 0 atom stereocenters. The first-order chi connectivity index (χ1) is 12.0. The first-order valence-corrected chi connectivity index (χ1v) is 8.02. The van der Waals surface area contributed by atoms with E-state index < -0.39 is 0 Å². The quantitative estimate of drug-likeness (QED) is 0.559. The molecule has 0 N–H and O–H groups in total. The zero-order valence-electron chi connectivity index (χ0n) is 14.3. The number of hydrogen-bond donors (Lipinski definition) is 0. The molecular formula is C20H17N3O2. The molecule has 124 valence electrons. The lowest BCUT2D eigenvalue weighted by Gasteiger charge is -2.08. The Kier molecular flexibility index (Phi) is 3.50. The van der Waals surface area contributed by atoms with Gasteiger partial charge in [-0.3, -0.25) is 14.5 Å². The molecule has 1 aromatic carbocycles. The Labute approximate surface area is 144 Å². The van der Waals surface area contributed by atoms with Gasteiger partial charge in [0.1, 0.15) is 11.3 Å². The molecule has 25 heavy (non-hydrogen) atoms. The standard InChI is InChI=1S/C20H17N3O2/c1-12-4-7-18-16(8-12)19(24)13(2)20(25-18)14-5-6-17(21-9-14)15-10-22-23(3)11-15/h4-11H,1-3H3. The topological polar surface area (TPSA) is 60.9 Å². The SMILES string of the molecule is Cc1ccc2oc(-c3ccc(-c4cnn(C)c4)nc3)c(C)c(=O)c2c1. The fourth-order valence-corrected chi connectivity index (χ4v) is 2.93. The van der Waals surface area contributed by atoms with Gasteiger partial charge in [0.05, 0.1) is 17.3 Å². The van der Waals surface area contributed by atoms with E-state index in [1.54, 1.807) is 24.0 Å². The summed E-state index contributed by atoms with van der Waals surface area (Å²) in [5, 5.41) is 4.77. The van der Waals surface area contributed by atoms with Gasteiger partial charge in [-0.25, -0.2) is 0 Å². The van der Waals surface area contributed by atoms with E-state index in [-0.39, 0.29) is 5.43 Å². The summed E-state index contributed by atoms with van der Waals surface area (Å²) in [6.07, 6.45) is 5.41. The predicted molar refractivity (Wildman–Crippen MR) is 97.4 cm³/mol. The van der Waals surface area contributed by atoms with E-state index >= 15 is 0 Å². The van der Waals surface area contributed by atoms with Crippen molar-refractivity contribution in [2.75, 3.05) is 0 Å². The molecule has 0 amide bonds. The van der Waals surface area contributed by atoms with Gasteiger partial charge in [0.15, 0.2) is 5.43 Å². The first-order valence-electron chi connectivity index (χ1n) is 8.02. The van der Waals surface area contributed by atoms with Crippen LogP contribution in [0.4, 0.5) is 0 Å². The number of aryl methyl sites for hydroxylation is 2. The Bertz CT molecular complexity index is 1140. The first kappa shape index (κ1) is 15.3. The molecule has 0 spiro atoms. The Morgan fingerprint density at radius 2 is 1.88 bits per heavy atom. The Morgan fingerprint density at radius 1 is 1.04 bits per heavy atom. The number of pyridine rings is 1. The van der Waals surface area contributed by atoms with Gasteiger partial charge in [0.25, 0.3) is 0 Å². The minimum Gasteiger partial charge on any atom is -0.455 e. The summed E-state index contributed by atoms with van der Waals surface area (Å²) in [5.74, 6) is 0.562. The minimum atomic E-state index is -0.00344. The van der Waals surface area contributed by atoms with Crippen molar-refractivity contribution < 1.29 is 4.42 Å². The molecule has 4 rings (SSSR count). The van der Waals surface area contributed by atoms with E-state index in [1.807, 2.05) is 50.5 Å². The van der Waals surface area contributed by atoms with Gasteiger partial charge in [0.2, 0.25) is 0 Å². The molecule has 0 saturated heterocycles. The van der Waals surface area contributed by atoms with E-state index in [0.717, 1.165) is 22.4 Å². The van der Waals surface area contributed by atoms with E-state index in [2.05, 4.69) is 10.1 Å². The van der Waals surface area contributed by atoms with Crippen molar-refractivity contribution in [2.24, 2.45) is 7.05 Å². The van der Waals surface area contributed by atoms with Crippen molar-refractivity contribution >= 4 is 11.0 Å². The fourth-order valence-electron chi connectivity index (χ4n) is 2.93. The molecule has 5 heteroatoms. The summed E-state index contributed by atoms with van der Waals surface area (Å²) in [6, 6.07) is 9.47. The molecule has 0 unspecified atom stereocenters. The van der Waals surface area contributed by atoms with Crippen LogP contribution in [0.15, 0.2) is 58.1 Å². The fraction of sp³-hybridized carbons (Fsp3) is 0.150. The maximum atomic E-state index is 12.7. The van der Waals surface area contributed by atoms with Gasteiger partial charge in [-0.05, 0) is 38.1 Å². The number of aromatic nitrogens is 3. The average molecular weight is 331 g/mol. The summed E-state index contributed by atoms with van der Waals surface area (Å²) in [6.45, 7) is 3.75. The lowest BCUT2D eigenvalue weighted by Crippen LogP contribution is -2.07. The highest BCUT2D eigenvalue weighted by atomic mass is 16.3. The van der Waals surface area contributed by atoms with Crippen LogP contribution < -0.4 is 5.43 Å². The Morgan fingerprint density at radius 3 is 2.56 bits per heavy atom. The van der Waals surface area contributed by atoms with Crippen LogP contribution in [-0.4, -0.2) is 14.8 Å². The molecule has 0 aliphatic rings. The lowest BCUT2D eigenvalue weighted by molar-refractivity contribution is 0.613. The molecule has 3 aromatic heterocycles. The average Bonchev–Trinajstić information content (AvgIpc) is 3.05. The van der Waals surface area contributed by atoms with Crippen LogP contribution in [-0.2, 0) is 7.05 Å². The maximum absolute atomic E-state index is 12.7. The molecule has 0 radical (unpaired) electrons. The molecule has 3 heterocycles. The number of rotatable bonds is 2. The zero-order chi connectivity index (χ0) is 17.6. The molecular weight excluding hydrogens is 314 g/mol. The highest BCUT2D eigenvalue weighted by Gasteiger charge is 2.13. The Hall–Kier alpha value is -3.21. The van der Waals surface area contributed by atoms with Crippen LogP contribution in [0.3, 0.4) is 0 Å². The second-order valence-electron chi connectivity index (χ2n) is 6.22. The van der Waals surface area contributed by atoms with Gasteiger partial charge in [-0.2, -0.15) is 5.10 Å². The molecule has 0 saturated carbocycles. The highest BCUT2D eigenvalue weighted by molar-refractivity contribution is 5.81. The molecule has 0 bridgehead atoms. The predicted octanol–water partition coefficient (Wildman–Crippen LogP) is 3.87. The van der Waals surface area contributed by atoms with Gasteiger partial charge in [-0.15, -0.1) is 0 Å². The second kappa shape index (κ2) is 5.70. The molecule has 0 aliphatic carbocycles. The van der Waals surface area contributed by atoms with Crippen molar-refractivity contribution in [3.05, 3.63) is 70.3 Å². The molecule has 0 aliphatic heterocycles. The maximum Gasteiger partial charge on any atom is 0.196 e. The second-order valence-corrected chi connectivity index (χ2v) is 6.22. The molecule has 5 nitrogen and oxygen atoms in total. The normalized spacial score (nSPS) is 11.2. The summed E-state index contributed by atoms with van der Waals surface area (Å²) in [4.78, 5) is 17.2. The largest absolute Gasteiger partial charge is 0.455 e. The monoisotopic (exact) mass is 331 g/mol. The van der Waals surface area contributed by atoms with E-state index in [0.29, 0.717) is 22.3 Å². The summed E-state index contributed by atoms with van der Waals surface area (Å²) >= 11 is 0. The van der Waals surface area contributed by atoms with Crippen LogP contribution in [0.5, 0.6) is 0 Å². The Balaban J connectivity index is 1.83. The minimum absolute atomic E-state index is 0.00344. The molecule has 0 fully saturated rings. The van der Waals surface area contributed by atoms with Gasteiger partial charge < -0.3 is 4.42 Å². The summed E-state index contributed by atoms with van der Waals surface area (Å²) < 4.78 is 7.74. The third kappa shape index (κ3) is 2.63. The van der Waals surface area contributed by atoms with Crippen LogP contribution in [0.1, 0.15) is 11.1 Å². The van der Waals surface area contributed by atoms with Gasteiger partial charge in [-0.1, -0.05) is 11.6 Å². The number of nitrogens with zero attached hydrogens (tertiary/aromatic N) is 3. The summed E-state index contributed by atoms with van der Waals surface area (Å²) in [5.41, 5.74) is 4.77. The lowest BCUT2D eigenvalue weighted by atomic mass is 10.1. The van der Waals surface area contributed by atoms with Gasteiger partial charge in [0, 0.05) is 36.1 Å². The van der Waals surface area contributed by atoms with Crippen molar-refractivity contribution in [3.8, 4) is 22.6 Å². The van der Waals surface area contributed by atoms with Crippen LogP contribution in [0.25, 0.3) is 33.6 Å². The third-order valence-corrected chi connectivity index (χ3v) is 4.30. The van der Waals surface area contributed by atoms with Crippen molar-refractivity contribution in [1.82, 2.24) is 14.8 Å². The number of hydrogen-bond acceptors (Lipinski definition) is 4. The van der Waals surface area contributed by atoms with Crippen LogP contribution in [0.2, 0.25) is 0 Å². The van der Waals surface area contributed by atoms with E-state index in [1.165, 1.54) is 0 Å².